The molecule has 0 aromatic heterocycles. The molecule has 2 rings (SSSR count). The SMILES string of the molecule is C=Cc1cc(-c2ccc(C(C)(C)C)c(C=C)c2)ccc1C(C)(C)C. The van der Waals surface area contributed by atoms with Crippen molar-refractivity contribution in [1.29, 1.82) is 0 Å². The quantitative estimate of drug-likeness (QED) is 0.559. The first kappa shape index (κ1) is 18.3. The van der Waals surface area contributed by atoms with E-state index in [-0.39, 0.29) is 10.8 Å². The first-order valence-electron chi connectivity index (χ1n) is 8.62. The van der Waals surface area contributed by atoms with E-state index in [1.807, 2.05) is 12.2 Å². The van der Waals surface area contributed by atoms with E-state index in [1.165, 1.54) is 33.4 Å². The third-order valence-corrected chi connectivity index (χ3v) is 4.49. The van der Waals surface area contributed by atoms with E-state index >= 15 is 0 Å². The average molecular weight is 319 g/mol. The van der Waals surface area contributed by atoms with Crippen LogP contribution in [-0.4, -0.2) is 0 Å². The van der Waals surface area contributed by atoms with Gasteiger partial charge in [0.2, 0.25) is 0 Å². The number of rotatable bonds is 3. The van der Waals surface area contributed by atoms with Crippen LogP contribution in [0.2, 0.25) is 0 Å². The molecule has 0 heterocycles. The number of benzene rings is 2. The van der Waals surface area contributed by atoms with Crippen molar-refractivity contribution in [2.75, 3.05) is 0 Å². The molecular formula is C24H30. The van der Waals surface area contributed by atoms with Gasteiger partial charge in [-0.3, -0.25) is 0 Å². The van der Waals surface area contributed by atoms with Crippen LogP contribution in [0.5, 0.6) is 0 Å². The molecule has 0 bridgehead atoms. The van der Waals surface area contributed by atoms with Crippen LogP contribution in [0, 0.1) is 0 Å². The summed E-state index contributed by atoms with van der Waals surface area (Å²) in [6.07, 6.45) is 3.92. The van der Waals surface area contributed by atoms with Gasteiger partial charge in [-0.25, -0.2) is 0 Å². The highest BCUT2D eigenvalue weighted by Gasteiger charge is 2.19. The smallest absolute Gasteiger partial charge is 0.0126 e. The molecular weight excluding hydrogens is 288 g/mol. The zero-order chi connectivity index (χ0) is 18.1. The van der Waals surface area contributed by atoms with Crippen molar-refractivity contribution in [2.45, 2.75) is 52.4 Å². The Hall–Kier alpha value is -2.08. The molecule has 0 aliphatic heterocycles. The second-order valence-corrected chi connectivity index (χ2v) is 8.51. The second kappa shape index (κ2) is 6.43. The van der Waals surface area contributed by atoms with Crippen molar-refractivity contribution >= 4 is 12.2 Å². The molecule has 2 aromatic rings. The van der Waals surface area contributed by atoms with Gasteiger partial charge in [0.15, 0.2) is 0 Å². The van der Waals surface area contributed by atoms with Gasteiger partial charge in [0, 0.05) is 0 Å². The first-order valence-corrected chi connectivity index (χ1v) is 8.62. The molecule has 0 heteroatoms. The Morgan fingerprint density at radius 3 is 1.21 bits per heavy atom. The lowest BCUT2D eigenvalue weighted by Crippen LogP contribution is -2.13. The lowest BCUT2D eigenvalue weighted by Gasteiger charge is -2.24. The molecule has 0 nitrogen and oxygen atoms in total. The normalized spacial score (nSPS) is 12.1. The molecule has 0 amide bonds. The summed E-state index contributed by atoms with van der Waals surface area (Å²) in [5.41, 5.74) is 7.76. The Labute approximate surface area is 147 Å². The summed E-state index contributed by atoms with van der Waals surface area (Å²) in [6, 6.07) is 13.4. The van der Waals surface area contributed by atoms with E-state index in [0.717, 1.165) is 0 Å². The predicted molar refractivity (Wildman–Crippen MR) is 109 cm³/mol. The van der Waals surface area contributed by atoms with Gasteiger partial charge in [0.1, 0.15) is 0 Å². The second-order valence-electron chi connectivity index (χ2n) is 8.51. The molecule has 0 saturated carbocycles. The van der Waals surface area contributed by atoms with Crippen molar-refractivity contribution in [3.8, 4) is 11.1 Å². The van der Waals surface area contributed by atoms with Crippen LogP contribution in [0.3, 0.4) is 0 Å². The zero-order valence-electron chi connectivity index (χ0n) is 16.0. The van der Waals surface area contributed by atoms with Crippen LogP contribution in [0.1, 0.15) is 63.8 Å². The maximum Gasteiger partial charge on any atom is -0.0126 e. The van der Waals surface area contributed by atoms with Crippen molar-refractivity contribution in [1.82, 2.24) is 0 Å². The molecule has 0 aliphatic carbocycles. The molecule has 0 saturated heterocycles. The third kappa shape index (κ3) is 3.70. The van der Waals surface area contributed by atoms with Gasteiger partial charge in [0.25, 0.3) is 0 Å². The van der Waals surface area contributed by atoms with Gasteiger partial charge in [-0.2, -0.15) is 0 Å². The fraction of sp³-hybridized carbons (Fsp3) is 0.333. The molecule has 24 heavy (non-hydrogen) atoms. The van der Waals surface area contributed by atoms with Crippen molar-refractivity contribution in [3.63, 3.8) is 0 Å². The zero-order valence-corrected chi connectivity index (χ0v) is 16.0. The van der Waals surface area contributed by atoms with Gasteiger partial charge in [0.05, 0.1) is 0 Å². The summed E-state index contributed by atoms with van der Waals surface area (Å²) in [5.74, 6) is 0. The van der Waals surface area contributed by atoms with Crippen molar-refractivity contribution in [2.24, 2.45) is 0 Å². The van der Waals surface area contributed by atoms with Crippen LogP contribution in [0.4, 0.5) is 0 Å². The van der Waals surface area contributed by atoms with Gasteiger partial charge in [-0.1, -0.05) is 91.1 Å². The Balaban J connectivity index is 2.57. The van der Waals surface area contributed by atoms with Crippen LogP contribution in [0.15, 0.2) is 49.6 Å². The van der Waals surface area contributed by atoms with Crippen LogP contribution in [0.25, 0.3) is 23.3 Å². The lowest BCUT2D eigenvalue weighted by molar-refractivity contribution is 0.588. The predicted octanol–water partition coefficient (Wildman–Crippen LogP) is 7.23. The summed E-state index contributed by atoms with van der Waals surface area (Å²) in [7, 11) is 0. The van der Waals surface area contributed by atoms with E-state index < -0.39 is 0 Å². The molecule has 0 aliphatic rings. The summed E-state index contributed by atoms with van der Waals surface area (Å²) >= 11 is 0. The van der Waals surface area contributed by atoms with E-state index in [9.17, 15) is 0 Å². The standard InChI is InChI=1S/C24H30/c1-9-17-15-19(11-13-21(17)23(3,4)5)20-12-14-22(24(6,7)8)18(10-2)16-20/h9-16H,1-2H2,3-8H3. The van der Waals surface area contributed by atoms with Crippen molar-refractivity contribution < 1.29 is 0 Å². The highest BCUT2D eigenvalue weighted by Crippen LogP contribution is 2.33. The summed E-state index contributed by atoms with van der Waals surface area (Å²) < 4.78 is 0. The Kier molecular flexibility index (Phi) is 4.90. The molecule has 0 atom stereocenters. The molecule has 0 spiro atoms. The van der Waals surface area contributed by atoms with E-state index in [1.54, 1.807) is 0 Å². The van der Waals surface area contributed by atoms with Gasteiger partial charge in [-0.05, 0) is 56.3 Å². The first-order chi connectivity index (χ1) is 11.1. The monoisotopic (exact) mass is 318 g/mol. The molecule has 0 radical (unpaired) electrons. The van der Waals surface area contributed by atoms with Gasteiger partial charge >= 0.3 is 0 Å². The minimum atomic E-state index is 0.115. The lowest BCUT2D eigenvalue weighted by atomic mass is 9.81. The third-order valence-electron chi connectivity index (χ3n) is 4.49. The molecule has 126 valence electrons. The highest BCUT2D eigenvalue weighted by molar-refractivity contribution is 5.72. The largest absolute Gasteiger partial charge is 0.0985 e. The van der Waals surface area contributed by atoms with Crippen LogP contribution >= 0.6 is 0 Å². The van der Waals surface area contributed by atoms with Crippen LogP contribution in [-0.2, 0) is 10.8 Å². The van der Waals surface area contributed by atoms with Gasteiger partial charge in [-0.15, -0.1) is 0 Å². The minimum absolute atomic E-state index is 0.115. The topological polar surface area (TPSA) is 0 Å². The van der Waals surface area contributed by atoms with Gasteiger partial charge < -0.3 is 0 Å². The Morgan fingerprint density at radius 2 is 0.958 bits per heavy atom. The molecule has 0 N–H and O–H groups in total. The van der Waals surface area contributed by atoms with E-state index in [0.29, 0.717) is 0 Å². The van der Waals surface area contributed by atoms with Crippen LogP contribution < -0.4 is 0 Å². The number of hydrogen-bond donors (Lipinski definition) is 0. The van der Waals surface area contributed by atoms with E-state index in [2.05, 4.69) is 91.1 Å². The molecule has 0 unspecified atom stereocenters. The Morgan fingerprint density at radius 1 is 0.625 bits per heavy atom. The minimum Gasteiger partial charge on any atom is -0.0985 e. The highest BCUT2D eigenvalue weighted by atomic mass is 14.2. The maximum absolute atomic E-state index is 4.00. The summed E-state index contributed by atoms with van der Waals surface area (Å²) in [4.78, 5) is 0. The summed E-state index contributed by atoms with van der Waals surface area (Å²) in [6.45, 7) is 21.4. The van der Waals surface area contributed by atoms with Crippen molar-refractivity contribution in [3.05, 3.63) is 71.8 Å². The summed E-state index contributed by atoms with van der Waals surface area (Å²) in [5, 5.41) is 0. The fourth-order valence-corrected chi connectivity index (χ4v) is 3.19. The fourth-order valence-electron chi connectivity index (χ4n) is 3.19. The average Bonchev–Trinajstić information content (AvgIpc) is 2.51. The molecule has 2 aromatic carbocycles. The maximum atomic E-state index is 4.00. The molecule has 0 fully saturated rings. The Bertz CT molecular complexity index is 694. The number of hydrogen-bond acceptors (Lipinski definition) is 0. The van der Waals surface area contributed by atoms with E-state index in [4.69, 9.17) is 0 Å².